The van der Waals surface area contributed by atoms with Gasteiger partial charge in [-0.1, -0.05) is 39.0 Å². The van der Waals surface area contributed by atoms with E-state index in [1.165, 1.54) is 48.3 Å². The molecule has 0 saturated carbocycles. The number of hydrogen-bond acceptors (Lipinski definition) is 2. The summed E-state index contributed by atoms with van der Waals surface area (Å²) in [7, 11) is 0. The maximum Gasteiger partial charge on any atom is 0.0388 e. The van der Waals surface area contributed by atoms with Gasteiger partial charge in [0.1, 0.15) is 0 Å². The van der Waals surface area contributed by atoms with Crippen molar-refractivity contribution in [2.45, 2.75) is 78.3 Å². The Hall–Kier alpha value is -0.340. The minimum absolute atomic E-state index is 0.495. The van der Waals surface area contributed by atoms with Crippen LogP contribution in [0.15, 0.2) is 12.1 Å². The predicted molar refractivity (Wildman–Crippen MR) is 83.4 cm³/mol. The van der Waals surface area contributed by atoms with E-state index in [1.807, 2.05) is 11.3 Å². The fraction of sp³-hybridized carbons (Fsp3) is 0.750. The zero-order chi connectivity index (χ0) is 13.4. The number of thiophene rings is 1. The largest absolute Gasteiger partial charge is 0.307 e. The van der Waals surface area contributed by atoms with Crippen molar-refractivity contribution >= 4 is 11.3 Å². The third-order valence-electron chi connectivity index (χ3n) is 3.46. The lowest BCUT2D eigenvalue weighted by atomic mass is 10.1. The quantitative estimate of drug-likeness (QED) is 0.586. The van der Waals surface area contributed by atoms with Crippen molar-refractivity contribution in [2.75, 3.05) is 0 Å². The maximum absolute atomic E-state index is 3.71. The summed E-state index contributed by atoms with van der Waals surface area (Å²) in [5.41, 5.74) is 0. The molecule has 1 heterocycles. The van der Waals surface area contributed by atoms with E-state index < -0.39 is 0 Å². The topological polar surface area (TPSA) is 12.0 Å². The van der Waals surface area contributed by atoms with Crippen LogP contribution in [0.1, 0.15) is 75.1 Å². The van der Waals surface area contributed by atoms with E-state index >= 15 is 0 Å². The van der Waals surface area contributed by atoms with Crippen molar-refractivity contribution in [1.82, 2.24) is 5.32 Å². The molecule has 1 nitrogen and oxygen atoms in total. The van der Waals surface area contributed by atoms with Gasteiger partial charge < -0.3 is 5.32 Å². The SMILES string of the molecule is CCCCCCCC(C)NC(C)c1ccc(C)s1. The highest BCUT2D eigenvalue weighted by Crippen LogP contribution is 2.23. The molecule has 18 heavy (non-hydrogen) atoms. The predicted octanol–water partition coefficient (Wildman–Crippen LogP) is 5.46. The maximum atomic E-state index is 3.71. The Labute approximate surface area is 117 Å². The standard InChI is InChI=1S/C16H29NS/c1-5-6-7-8-9-10-13(2)17-15(4)16-12-11-14(3)18-16/h11-13,15,17H,5-10H2,1-4H3. The van der Waals surface area contributed by atoms with Crippen LogP contribution in [0.25, 0.3) is 0 Å². The van der Waals surface area contributed by atoms with Crippen LogP contribution in [0.5, 0.6) is 0 Å². The normalized spacial score (nSPS) is 14.7. The monoisotopic (exact) mass is 267 g/mol. The van der Waals surface area contributed by atoms with Gasteiger partial charge in [0.15, 0.2) is 0 Å². The smallest absolute Gasteiger partial charge is 0.0388 e. The highest BCUT2D eigenvalue weighted by molar-refractivity contribution is 7.12. The second-order valence-electron chi connectivity index (χ2n) is 5.44. The van der Waals surface area contributed by atoms with E-state index in [1.54, 1.807) is 0 Å². The Morgan fingerprint density at radius 3 is 2.44 bits per heavy atom. The minimum atomic E-state index is 0.495. The van der Waals surface area contributed by atoms with Crippen molar-refractivity contribution in [3.63, 3.8) is 0 Å². The number of unbranched alkanes of at least 4 members (excludes halogenated alkanes) is 4. The van der Waals surface area contributed by atoms with Gasteiger partial charge in [0, 0.05) is 21.8 Å². The zero-order valence-electron chi connectivity index (χ0n) is 12.5. The molecule has 1 aromatic heterocycles. The third-order valence-corrected chi connectivity index (χ3v) is 4.65. The van der Waals surface area contributed by atoms with E-state index in [0.29, 0.717) is 12.1 Å². The van der Waals surface area contributed by atoms with E-state index in [-0.39, 0.29) is 0 Å². The van der Waals surface area contributed by atoms with Gasteiger partial charge in [0.2, 0.25) is 0 Å². The summed E-state index contributed by atoms with van der Waals surface area (Å²) in [6, 6.07) is 5.59. The molecule has 1 N–H and O–H groups in total. The summed E-state index contributed by atoms with van der Waals surface area (Å²) in [6.07, 6.45) is 8.20. The first-order valence-electron chi connectivity index (χ1n) is 7.46. The molecule has 0 radical (unpaired) electrons. The molecule has 1 aromatic rings. The average molecular weight is 267 g/mol. The molecule has 0 fully saturated rings. The van der Waals surface area contributed by atoms with Gasteiger partial charge in [-0.05, 0) is 39.3 Å². The van der Waals surface area contributed by atoms with E-state index in [0.717, 1.165) is 0 Å². The molecule has 104 valence electrons. The molecule has 0 aliphatic rings. The van der Waals surface area contributed by atoms with Gasteiger partial charge in [-0.2, -0.15) is 0 Å². The molecule has 0 saturated heterocycles. The summed E-state index contributed by atoms with van der Waals surface area (Å²) in [4.78, 5) is 2.87. The van der Waals surface area contributed by atoms with Crippen LogP contribution in [0.2, 0.25) is 0 Å². The van der Waals surface area contributed by atoms with Gasteiger partial charge >= 0.3 is 0 Å². The molecular weight excluding hydrogens is 238 g/mol. The lowest BCUT2D eigenvalue weighted by molar-refractivity contribution is 0.439. The zero-order valence-corrected chi connectivity index (χ0v) is 13.3. The van der Waals surface area contributed by atoms with Crippen molar-refractivity contribution in [3.05, 3.63) is 21.9 Å². The Balaban J connectivity index is 2.17. The lowest BCUT2D eigenvalue weighted by Crippen LogP contribution is -2.28. The van der Waals surface area contributed by atoms with Crippen molar-refractivity contribution < 1.29 is 0 Å². The van der Waals surface area contributed by atoms with E-state index in [2.05, 4.69) is 45.1 Å². The van der Waals surface area contributed by atoms with Crippen LogP contribution >= 0.6 is 11.3 Å². The van der Waals surface area contributed by atoms with Crippen molar-refractivity contribution in [2.24, 2.45) is 0 Å². The number of nitrogens with one attached hydrogen (secondary N) is 1. The second-order valence-corrected chi connectivity index (χ2v) is 6.76. The van der Waals surface area contributed by atoms with Gasteiger partial charge in [-0.3, -0.25) is 0 Å². The van der Waals surface area contributed by atoms with Crippen LogP contribution in [0.3, 0.4) is 0 Å². The summed E-state index contributed by atoms with van der Waals surface area (Å²) < 4.78 is 0. The Morgan fingerprint density at radius 2 is 1.83 bits per heavy atom. The molecule has 0 amide bonds. The summed E-state index contributed by atoms with van der Waals surface area (Å²) in [5, 5.41) is 3.71. The fourth-order valence-corrected chi connectivity index (χ4v) is 3.22. The molecule has 0 bridgehead atoms. The van der Waals surface area contributed by atoms with Crippen LogP contribution < -0.4 is 5.32 Å². The van der Waals surface area contributed by atoms with Crippen molar-refractivity contribution in [3.8, 4) is 0 Å². The second kappa shape index (κ2) is 8.71. The summed E-state index contributed by atoms with van der Waals surface area (Å²) >= 11 is 1.91. The minimum Gasteiger partial charge on any atom is -0.307 e. The lowest BCUT2D eigenvalue weighted by Gasteiger charge is -2.19. The van der Waals surface area contributed by atoms with Crippen LogP contribution in [0.4, 0.5) is 0 Å². The van der Waals surface area contributed by atoms with E-state index in [4.69, 9.17) is 0 Å². The molecule has 0 spiro atoms. The van der Waals surface area contributed by atoms with Crippen molar-refractivity contribution in [1.29, 1.82) is 0 Å². The highest BCUT2D eigenvalue weighted by atomic mass is 32.1. The van der Waals surface area contributed by atoms with Gasteiger partial charge in [-0.25, -0.2) is 0 Å². The average Bonchev–Trinajstić information content (AvgIpc) is 2.75. The van der Waals surface area contributed by atoms with Crippen LogP contribution in [-0.2, 0) is 0 Å². The Morgan fingerprint density at radius 1 is 1.11 bits per heavy atom. The number of rotatable bonds is 9. The molecule has 0 aromatic carbocycles. The number of aryl methyl sites for hydroxylation is 1. The number of hydrogen-bond donors (Lipinski definition) is 1. The molecule has 1 rings (SSSR count). The molecule has 0 aliphatic carbocycles. The summed E-state index contributed by atoms with van der Waals surface area (Å²) in [6.45, 7) is 9.04. The summed E-state index contributed by atoms with van der Waals surface area (Å²) in [5.74, 6) is 0. The fourth-order valence-electron chi connectivity index (χ4n) is 2.33. The van der Waals surface area contributed by atoms with Gasteiger partial charge in [-0.15, -0.1) is 11.3 Å². The Kier molecular flexibility index (Phi) is 7.60. The first-order chi connectivity index (χ1) is 8.63. The molecule has 2 unspecified atom stereocenters. The van der Waals surface area contributed by atoms with Crippen LogP contribution in [0, 0.1) is 6.92 Å². The Bertz CT molecular complexity index is 319. The molecular formula is C16H29NS. The third kappa shape index (κ3) is 6.01. The van der Waals surface area contributed by atoms with Crippen LogP contribution in [-0.4, -0.2) is 6.04 Å². The molecule has 0 aliphatic heterocycles. The molecule has 2 atom stereocenters. The van der Waals surface area contributed by atoms with Gasteiger partial charge in [0.05, 0.1) is 0 Å². The first kappa shape index (κ1) is 15.7. The highest BCUT2D eigenvalue weighted by Gasteiger charge is 2.10. The first-order valence-corrected chi connectivity index (χ1v) is 8.27. The molecule has 2 heteroatoms. The van der Waals surface area contributed by atoms with Gasteiger partial charge in [0.25, 0.3) is 0 Å². The van der Waals surface area contributed by atoms with E-state index in [9.17, 15) is 0 Å².